The van der Waals surface area contributed by atoms with Gasteiger partial charge in [0.15, 0.2) is 0 Å². The van der Waals surface area contributed by atoms with Crippen molar-refractivity contribution in [2.24, 2.45) is 0 Å². The van der Waals surface area contributed by atoms with Gasteiger partial charge < -0.3 is 14.8 Å². The molecular formula is C18H23BrClN3O. The Labute approximate surface area is 157 Å². The molecule has 130 valence electrons. The second kappa shape index (κ2) is 8.19. The van der Waals surface area contributed by atoms with Crippen molar-refractivity contribution in [3.8, 4) is 5.69 Å². The molecule has 3 rings (SSSR count). The van der Waals surface area contributed by atoms with E-state index in [0.29, 0.717) is 0 Å². The number of aryl methyl sites for hydroxylation is 1. The van der Waals surface area contributed by atoms with E-state index in [4.69, 9.17) is 0 Å². The maximum absolute atomic E-state index is 12.9. The first-order valence-corrected chi connectivity index (χ1v) is 8.82. The van der Waals surface area contributed by atoms with Gasteiger partial charge in [-0.1, -0.05) is 15.9 Å². The summed E-state index contributed by atoms with van der Waals surface area (Å²) in [6, 6.07) is 10.2. The van der Waals surface area contributed by atoms with Crippen molar-refractivity contribution in [3.63, 3.8) is 0 Å². The highest BCUT2D eigenvalue weighted by Crippen LogP contribution is 2.23. The fourth-order valence-corrected chi connectivity index (χ4v) is 3.45. The predicted octanol–water partition coefficient (Wildman–Crippen LogP) is 3.71. The lowest BCUT2D eigenvalue weighted by molar-refractivity contribution is 0.0765. The fraction of sp³-hybridized carbons (Fsp3) is 0.389. The minimum Gasteiger partial charge on any atom is -0.337 e. The van der Waals surface area contributed by atoms with Gasteiger partial charge in [-0.05, 0) is 57.1 Å². The van der Waals surface area contributed by atoms with Gasteiger partial charge in [-0.2, -0.15) is 0 Å². The van der Waals surface area contributed by atoms with Crippen LogP contribution in [0.2, 0.25) is 0 Å². The lowest BCUT2D eigenvalue weighted by Gasteiger charge is -2.20. The maximum atomic E-state index is 12.9. The van der Waals surface area contributed by atoms with Crippen LogP contribution in [0, 0.1) is 13.8 Å². The standard InChI is InChI=1S/C18H22BrN3O.ClH/c1-13-12-17(18(23)21-10-3-8-20-9-11-21)14(2)22(13)16-6-4-15(19)5-7-16;/h4-7,12,20H,3,8-11H2,1-2H3;1H. The van der Waals surface area contributed by atoms with Crippen LogP contribution in [0.25, 0.3) is 5.69 Å². The summed E-state index contributed by atoms with van der Waals surface area (Å²) in [5.41, 5.74) is 3.99. The molecule has 24 heavy (non-hydrogen) atoms. The molecule has 1 aromatic carbocycles. The third-order valence-corrected chi connectivity index (χ3v) is 4.90. The monoisotopic (exact) mass is 411 g/mol. The lowest BCUT2D eigenvalue weighted by atomic mass is 10.2. The van der Waals surface area contributed by atoms with Gasteiger partial charge in [0.05, 0.1) is 5.56 Å². The molecule has 1 aromatic heterocycles. The molecule has 0 atom stereocenters. The van der Waals surface area contributed by atoms with Crippen molar-refractivity contribution in [1.29, 1.82) is 0 Å². The Bertz CT molecular complexity index is 704. The number of aromatic nitrogens is 1. The van der Waals surface area contributed by atoms with Gasteiger partial charge in [-0.25, -0.2) is 0 Å². The van der Waals surface area contributed by atoms with Crippen LogP contribution in [0.15, 0.2) is 34.8 Å². The van der Waals surface area contributed by atoms with E-state index in [1.54, 1.807) is 0 Å². The second-order valence-corrected chi connectivity index (χ2v) is 6.91. The number of nitrogens with zero attached hydrogens (tertiary/aromatic N) is 2. The molecule has 2 heterocycles. The van der Waals surface area contributed by atoms with Gasteiger partial charge in [-0.3, -0.25) is 4.79 Å². The highest BCUT2D eigenvalue weighted by molar-refractivity contribution is 9.10. The second-order valence-electron chi connectivity index (χ2n) is 5.99. The Morgan fingerprint density at radius 2 is 1.83 bits per heavy atom. The van der Waals surface area contributed by atoms with E-state index in [9.17, 15) is 4.79 Å². The Kier molecular flexibility index (Phi) is 6.49. The molecule has 0 spiro atoms. The van der Waals surface area contributed by atoms with E-state index in [1.807, 2.05) is 30.0 Å². The zero-order valence-electron chi connectivity index (χ0n) is 14.0. The van der Waals surface area contributed by atoms with Gasteiger partial charge in [0, 0.05) is 41.2 Å². The van der Waals surface area contributed by atoms with Crippen LogP contribution >= 0.6 is 28.3 Å². The summed E-state index contributed by atoms with van der Waals surface area (Å²) < 4.78 is 3.20. The number of nitrogens with one attached hydrogen (secondary N) is 1. The van der Waals surface area contributed by atoms with E-state index >= 15 is 0 Å². The first-order chi connectivity index (χ1) is 11.1. The Hall–Kier alpha value is -1.30. The zero-order valence-corrected chi connectivity index (χ0v) is 16.4. The number of halogens is 2. The smallest absolute Gasteiger partial charge is 0.255 e. The summed E-state index contributed by atoms with van der Waals surface area (Å²) >= 11 is 3.47. The summed E-state index contributed by atoms with van der Waals surface area (Å²) in [7, 11) is 0. The van der Waals surface area contributed by atoms with Gasteiger partial charge in [-0.15, -0.1) is 12.4 Å². The minimum atomic E-state index is 0. The van der Waals surface area contributed by atoms with Crippen LogP contribution in [0.5, 0.6) is 0 Å². The average Bonchev–Trinajstić information content (AvgIpc) is 2.74. The molecule has 0 radical (unpaired) electrons. The van der Waals surface area contributed by atoms with Crippen molar-refractivity contribution in [3.05, 3.63) is 51.8 Å². The Morgan fingerprint density at radius 1 is 1.12 bits per heavy atom. The zero-order chi connectivity index (χ0) is 16.4. The number of carbonyl (C=O) groups excluding carboxylic acids is 1. The van der Waals surface area contributed by atoms with Crippen LogP contribution < -0.4 is 5.32 Å². The number of carbonyl (C=O) groups is 1. The van der Waals surface area contributed by atoms with Crippen molar-refractivity contribution in [2.75, 3.05) is 26.2 Å². The largest absolute Gasteiger partial charge is 0.337 e. The summed E-state index contributed by atoms with van der Waals surface area (Å²) in [6.07, 6.45) is 1.01. The number of rotatable bonds is 2. The van der Waals surface area contributed by atoms with Gasteiger partial charge >= 0.3 is 0 Å². The number of hydrogen-bond donors (Lipinski definition) is 1. The molecule has 0 unspecified atom stereocenters. The molecule has 1 aliphatic rings. The van der Waals surface area contributed by atoms with Gasteiger partial charge in [0.25, 0.3) is 5.91 Å². The SMILES string of the molecule is Cc1cc(C(=O)N2CCCNCC2)c(C)n1-c1ccc(Br)cc1.Cl. The maximum Gasteiger partial charge on any atom is 0.255 e. The Balaban J connectivity index is 0.00000208. The molecule has 1 fully saturated rings. The molecule has 0 saturated carbocycles. The molecular weight excluding hydrogens is 390 g/mol. The van der Waals surface area contributed by atoms with Crippen LogP contribution in [0.4, 0.5) is 0 Å². The molecule has 0 bridgehead atoms. The molecule has 0 aliphatic carbocycles. The van der Waals surface area contributed by atoms with E-state index in [0.717, 1.165) is 59.7 Å². The number of benzene rings is 1. The molecule has 6 heteroatoms. The van der Waals surface area contributed by atoms with Crippen molar-refractivity contribution in [1.82, 2.24) is 14.8 Å². The minimum absolute atomic E-state index is 0. The van der Waals surface area contributed by atoms with Crippen molar-refractivity contribution in [2.45, 2.75) is 20.3 Å². The molecule has 4 nitrogen and oxygen atoms in total. The van der Waals surface area contributed by atoms with Crippen LogP contribution in [0.3, 0.4) is 0 Å². The van der Waals surface area contributed by atoms with Crippen molar-refractivity contribution < 1.29 is 4.79 Å². The molecule has 1 amide bonds. The summed E-state index contributed by atoms with van der Waals surface area (Å²) in [4.78, 5) is 14.9. The van der Waals surface area contributed by atoms with E-state index in [1.165, 1.54) is 0 Å². The van der Waals surface area contributed by atoms with Gasteiger partial charge in [0.1, 0.15) is 0 Å². The van der Waals surface area contributed by atoms with Gasteiger partial charge in [0.2, 0.25) is 0 Å². The van der Waals surface area contributed by atoms with E-state index in [-0.39, 0.29) is 18.3 Å². The highest BCUT2D eigenvalue weighted by Gasteiger charge is 2.22. The predicted molar refractivity (Wildman–Crippen MR) is 104 cm³/mol. The summed E-state index contributed by atoms with van der Waals surface area (Å²) in [6.45, 7) is 7.54. The summed E-state index contributed by atoms with van der Waals surface area (Å²) in [5.74, 6) is 0.144. The van der Waals surface area contributed by atoms with Crippen LogP contribution in [-0.2, 0) is 0 Å². The normalized spacial score (nSPS) is 14.9. The third-order valence-electron chi connectivity index (χ3n) is 4.37. The topological polar surface area (TPSA) is 37.3 Å². The molecule has 1 saturated heterocycles. The third kappa shape index (κ3) is 3.85. The molecule has 2 aromatic rings. The quantitative estimate of drug-likeness (QED) is 0.816. The number of amides is 1. The van der Waals surface area contributed by atoms with Crippen molar-refractivity contribution >= 4 is 34.2 Å². The summed E-state index contributed by atoms with van der Waals surface area (Å²) in [5, 5.41) is 3.34. The van der Waals surface area contributed by atoms with E-state index in [2.05, 4.69) is 44.9 Å². The van der Waals surface area contributed by atoms with Crippen LogP contribution in [0.1, 0.15) is 28.2 Å². The fourth-order valence-electron chi connectivity index (χ4n) is 3.19. The molecule has 1 aliphatic heterocycles. The van der Waals surface area contributed by atoms with E-state index < -0.39 is 0 Å². The Morgan fingerprint density at radius 3 is 2.54 bits per heavy atom. The first kappa shape index (κ1) is 19.0. The molecule has 1 N–H and O–H groups in total. The van der Waals surface area contributed by atoms with Crippen LogP contribution in [-0.4, -0.2) is 41.6 Å². The number of hydrogen-bond acceptors (Lipinski definition) is 2. The lowest BCUT2D eigenvalue weighted by Crippen LogP contribution is -2.34. The average molecular weight is 413 g/mol. The highest BCUT2D eigenvalue weighted by atomic mass is 79.9. The first-order valence-electron chi connectivity index (χ1n) is 8.03.